The first kappa shape index (κ1) is 19.6. The molecular weight excluding hydrogens is 316 g/mol. The summed E-state index contributed by atoms with van der Waals surface area (Å²) in [7, 11) is 0. The molecule has 5 heteroatoms. The van der Waals surface area contributed by atoms with Crippen LogP contribution in [0, 0.1) is 0 Å². The highest BCUT2D eigenvalue weighted by molar-refractivity contribution is 5.95. The lowest BCUT2D eigenvalue weighted by atomic mass is 10.0. The van der Waals surface area contributed by atoms with Crippen LogP contribution in [-0.2, 0) is 4.79 Å². The van der Waals surface area contributed by atoms with E-state index in [-0.39, 0.29) is 11.9 Å². The number of unbranched alkanes of at least 4 members (excludes halogenated alkanes) is 3. The number of ether oxygens (including phenoxy) is 2. The Hall–Kier alpha value is -1.75. The second-order valence-electron chi connectivity index (χ2n) is 6.43. The van der Waals surface area contributed by atoms with Gasteiger partial charge in [0.05, 0.1) is 6.04 Å². The van der Waals surface area contributed by atoms with Gasteiger partial charge in [0, 0.05) is 11.8 Å². The Morgan fingerprint density at radius 1 is 1.08 bits per heavy atom. The Morgan fingerprint density at radius 2 is 1.80 bits per heavy atom. The molecule has 25 heavy (non-hydrogen) atoms. The van der Waals surface area contributed by atoms with Gasteiger partial charge < -0.3 is 14.8 Å². The molecule has 5 nitrogen and oxygen atoms in total. The molecule has 0 saturated heterocycles. The Kier molecular flexibility index (Phi) is 8.06. The largest absolute Gasteiger partial charge is 0.486 e. The van der Waals surface area contributed by atoms with Gasteiger partial charge in [0.25, 0.3) is 0 Å². The van der Waals surface area contributed by atoms with E-state index in [1.807, 2.05) is 18.2 Å². The van der Waals surface area contributed by atoms with Crippen molar-refractivity contribution in [2.75, 3.05) is 31.6 Å². The molecule has 140 valence electrons. The molecule has 1 atom stereocenters. The monoisotopic (exact) mass is 348 g/mol. The van der Waals surface area contributed by atoms with Crippen molar-refractivity contribution in [3.63, 3.8) is 0 Å². The van der Waals surface area contributed by atoms with Crippen molar-refractivity contribution >= 4 is 11.6 Å². The van der Waals surface area contributed by atoms with Crippen LogP contribution in [0.5, 0.6) is 11.5 Å². The quantitative estimate of drug-likeness (QED) is 0.647. The molecule has 1 amide bonds. The number of benzene rings is 1. The molecule has 0 radical (unpaired) electrons. The molecule has 0 saturated carbocycles. The van der Waals surface area contributed by atoms with Crippen LogP contribution in [-0.4, -0.2) is 43.2 Å². The van der Waals surface area contributed by atoms with Gasteiger partial charge in [-0.2, -0.15) is 0 Å². The van der Waals surface area contributed by atoms with Crippen LogP contribution in [0.2, 0.25) is 0 Å². The van der Waals surface area contributed by atoms with Crippen molar-refractivity contribution in [2.45, 2.75) is 58.9 Å². The van der Waals surface area contributed by atoms with Crippen LogP contribution in [0.1, 0.15) is 52.9 Å². The summed E-state index contributed by atoms with van der Waals surface area (Å²) in [5.41, 5.74) is 0.764. The lowest BCUT2D eigenvalue weighted by Crippen LogP contribution is -2.44. The van der Waals surface area contributed by atoms with Gasteiger partial charge in [0.1, 0.15) is 13.2 Å². The number of fused-ring (bicyclic) bond motifs is 1. The van der Waals surface area contributed by atoms with Gasteiger partial charge in [-0.05, 0) is 31.6 Å². The number of nitrogens with zero attached hydrogens (tertiary/aromatic N) is 1. The van der Waals surface area contributed by atoms with Crippen molar-refractivity contribution in [2.24, 2.45) is 0 Å². The van der Waals surface area contributed by atoms with Gasteiger partial charge in [0.2, 0.25) is 5.91 Å². The minimum Gasteiger partial charge on any atom is -0.486 e. The first-order chi connectivity index (χ1) is 12.2. The fourth-order valence-corrected chi connectivity index (χ4v) is 3.26. The maximum absolute atomic E-state index is 12.9. The van der Waals surface area contributed by atoms with Gasteiger partial charge in [0.15, 0.2) is 11.5 Å². The molecule has 1 unspecified atom stereocenters. The number of rotatable bonds is 10. The van der Waals surface area contributed by atoms with Crippen LogP contribution in [0.3, 0.4) is 0 Å². The van der Waals surface area contributed by atoms with Gasteiger partial charge in [-0.25, -0.2) is 0 Å². The number of hydrogen-bond acceptors (Lipinski definition) is 4. The number of likely N-dealkylation sites (N-methyl/N-ethyl adjacent to an activating group) is 1. The molecule has 2 rings (SSSR count). The molecule has 0 bridgehead atoms. The SMILES string of the molecule is CCCCCCC(C(=O)Nc1ccc2c(c1)OCCO2)N(CC)CC. The number of carbonyl (C=O) groups is 1. The van der Waals surface area contributed by atoms with Gasteiger partial charge in [-0.1, -0.05) is 46.5 Å². The smallest absolute Gasteiger partial charge is 0.241 e. The predicted octanol–water partition coefficient (Wildman–Crippen LogP) is 4.08. The number of nitrogens with one attached hydrogen (secondary N) is 1. The molecule has 1 aromatic rings. The van der Waals surface area contributed by atoms with E-state index in [9.17, 15) is 4.79 Å². The number of carbonyl (C=O) groups excluding carboxylic acids is 1. The van der Waals surface area contributed by atoms with Crippen molar-refractivity contribution in [3.05, 3.63) is 18.2 Å². The zero-order valence-corrected chi connectivity index (χ0v) is 15.8. The van der Waals surface area contributed by atoms with Crippen molar-refractivity contribution < 1.29 is 14.3 Å². The van der Waals surface area contributed by atoms with Crippen LogP contribution < -0.4 is 14.8 Å². The fraction of sp³-hybridized carbons (Fsp3) is 0.650. The van der Waals surface area contributed by atoms with Gasteiger partial charge >= 0.3 is 0 Å². The normalized spacial score (nSPS) is 14.4. The van der Waals surface area contributed by atoms with E-state index in [1.54, 1.807) is 0 Å². The van der Waals surface area contributed by atoms with Crippen molar-refractivity contribution in [1.29, 1.82) is 0 Å². The van der Waals surface area contributed by atoms with E-state index in [1.165, 1.54) is 19.3 Å². The average Bonchev–Trinajstić information content (AvgIpc) is 2.64. The minimum atomic E-state index is -0.0833. The van der Waals surface area contributed by atoms with E-state index < -0.39 is 0 Å². The molecule has 1 N–H and O–H groups in total. The fourth-order valence-electron chi connectivity index (χ4n) is 3.26. The van der Waals surface area contributed by atoms with Crippen LogP contribution in [0.4, 0.5) is 5.69 Å². The number of anilines is 1. The lowest BCUT2D eigenvalue weighted by Gasteiger charge is -2.29. The Morgan fingerprint density at radius 3 is 2.48 bits per heavy atom. The summed E-state index contributed by atoms with van der Waals surface area (Å²) in [5, 5.41) is 3.07. The molecule has 1 aromatic carbocycles. The third-order valence-corrected chi connectivity index (χ3v) is 4.70. The van der Waals surface area contributed by atoms with Crippen LogP contribution in [0.25, 0.3) is 0 Å². The summed E-state index contributed by atoms with van der Waals surface area (Å²) in [6.07, 6.45) is 5.61. The minimum absolute atomic E-state index is 0.0666. The number of hydrogen-bond donors (Lipinski definition) is 1. The highest BCUT2D eigenvalue weighted by atomic mass is 16.6. The molecule has 0 spiro atoms. The summed E-state index contributed by atoms with van der Waals surface area (Å²) in [4.78, 5) is 15.1. The van der Waals surface area contributed by atoms with E-state index in [0.29, 0.717) is 19.0 Å². The van der Waals surface area contributed by atoms with E-state index in [2.05, 4.69) is 31.0 Å². The van der Waals surface area contributed by atoms with E-state index in [0.717, 1.165) is 37.4 Å². The Bertz CT molecular complexity index is 544. The maximum atomic E-state index is 12.9. The highest BCUT2D eigenvalue weighted by Crippen LogP contribution is 2.32. The average molecular weight is 348 g/mol. The third kappa shape index (κ3) is 5.63. The summed E-state index contributed by atoms with van der Waals surface area (Å²) in [5.74, 6) is 1.51. The summed E-state index contributed by atoms with van der Waals surface area (Å²) in [6, 6.07) is 5.50. The number of amides is 1. The summed E-state index contributed by atoms with van der Waals surface area (Å²) >= 11 is 0. The zero-order chi connectivity index (χ0) is 18.1. The lowest BCUT2D eigenvalue weighted by molar-refractivity contribution is -0.121. The van der Waals surface area contributed by atoms with Gasteiger partial charge in [-0.15, -0.1) is 0 Å². The standard InChI is InChI=1S/C20H32N2O3/c1-4-7-8-9-10-17(22(5-2)6-3)20(23)21-16-11-12-18-19(15-16)25-14-13-24-18/h11-12,15,17H,4-10,13-14H2,1-3H3,(H,21,23). The Labute approximate surface area is 151 Å². The van der Waals surface area contributed by atoms with E-state index in [4.69, 9.17) is 9.47 Å². The molecular formula is C20H32N2O3. The predicted molar refractivity (Wildman–Crippen MR) is 102 cm³/mol. The summed E-state index contributed by atoms with van der Waals surface area (Å²) in [6.45, 7) is 9.30. The topological polar surface area (TPSA) is 50.8 Å². The molecule has 1 aliphatic rings. The summed E-state index contributed by atoms with van der Waals surface area (Å²) < 4.78 is 11.1. The van der Waals surface area contributed by atoms with Crippen molar-refractivity contribution in [1.82, 2.24) is 4.90 Å². The van der Waals surface area contributed by atoms with Crippen molar-refractivity contribution in [3.8, 4) is 11.5 Å². The second-order valence-corrected chi connectivity index (χ2v) is 6.43. The van der Waals surface area contributed by atoms with Crippen LogP contribution in [0.15, 0.2) is 18.2 Å². The Balaban J connectivity index is 2.02. The second kappa shape index (κ2) is 10.3. The molecule has 1 heterocycles. The third-order valence-electron chi connectivity index (χ3n) is 4.70. The van der Waals surface area contributed by atoms with E-state index >= 15 is 0 Å². The van der Waals surface area contributed by atoms with Crippen LogP contribution >= 0.6 is 0 Å². The maximum Gasteiger partial charge on any atom is 0.241 e. The molecule has 0 aromatic heterocycles. The zero-order valence-electron chi connectivity index (χ0n) is 15.8. The first-order valence-electron chi connectivity index (χ1n) is 9.64. The molecule has 0 fully saturated rings. The first-order valence-corrected chi connectivity index (χ1v) is 9.64. The van der Waals surface area contributed by atoms with Gasteiger partial charge in [-0.3, -0.25) is 9.69 Å². The molecule has 1 aliphatic heterocycles. The highest BCUT2D eigenvalue weighted by Gasteiger charge is 2.24. The molecule has 0 aliphatic carbocycles.